The van der Waals surface area contributed by atoms with Crippen LogP contribution in [0.3, 0.4) is 0 Å². The highest BCUT2D eigenvalue weighted by atomic mass is 35.5. The summed E-state index contributed by atoms with van der Waals surface area (Å²) in [6.07, 6.45) is -0.790. The largest absolute Gasteiger partial charge is 0.465 e. The average molecular weight is 339 g/mol. The third-order valence-electron chi connectivity index (χ3n) is 4.18. The standard InChI is InChI=1S/C17H19ClO5/c1-5-22-14(20)17(4)13(19)16(2,3)12(23-15(17)21)10-6-8-11(18)9-7-10/h6-9,12H,5H2,1-4H3/t12-,17+/m0/s1. The van der Waals surface area contributed by atoms with E-state index in [2.05, 4.69) is 0 Å². The van der Waals surface area contributed by atoms with E-state index in [4.69, 9.17) is 21.1 Å². The quantitative estimate of drug-likeness (QED) is 0.625. The van der Waals surface area contributed by atoms with Crippen LogP contribution in [0.2, 0.25) is 5.02 Å². The van der Waals surface area contributed by atoms with Gasteiger partial charge in [-0.1, -0.05) is 23.7 Å². The molecule has 1 aliphatic heterocycles. The number of cyclic esters (lactones) is 1. The van der Waals surface area contributed by atoms with Crippen LogP contribution in [0.25, 0.3) is 0 Å². The first-order valence-electron chi connectivity index (χ1n) is 7.34. The summed E-state index contributed by atoms with van der Waals surface area (Å²) in [4.78, 5) is 37.5. The normalized spacial score (nSPS) is 26.6. The van der Waals surface area contributed by atoms with Crippen molar-refractivity contribution in [3.05, 3.63) is 34.9 Å². The monoisotopic (exact) mass is 338 g/mol. The van der Waals surface area contributed by atoms with Gasteiger partial charge < -0.3 is 9.47 Å². The zero-order chi connectivity index (χ0) is 17.4. The molecule has 23 heavy (non-hydrogen) atoms. The molecule has 2 rings (SSSR count). The first kappa shape index (κ1) is 17.5. The van der Waals surface area contributed by atoms with Crippen LogP contribution in [0.15, 0.2) is 24.3 Å². The first-order valence-corrected chi connectivity index (χ1v) is 7.72. The fourth-order valence-corrected chi connectivity index (χ4v) is 2.93. The molecular formula is C17H19ClO5. The molecule has 6 heteroatoms. The van der Waals surface area contributed by atoms with Crippen LogP contribution >= 0.6 is 11.6 Å². The molecule has 0 radical (unpaired) electrons. The molecule has 0 N–H and O–H groups in total. The Morgan fingerprint density at radius 1 is 1.22 bits per heavy atom. The molecule has 1 heterocycles. The highest BCUT2D eigenvalue weighted by molar-refractivity contribution is 6.30. The van der Waals surface area contributed by atoms with Gasteiger partial charge >= 0.3 is 11.9 Å². The summed E-state index contributed by atoms with van der Waals surface area (Å²) >= 11 is 5.86. The highest BCUT2D eigenvalue weighted by Gasteiger charge is 2.62. The second-order valence-electron chi connectivity index (χ2n) is 6.23. The van der Waals surface area contributed by atoms with Crippen molar-refractivity contribution in [3.8, 4) is 0 Å². The maximum absolute atomic E-state index is 12.9. The molecule has 5 nitrogen and oxygen atoms in total. The van der Waals surface area contributed by atoms with E-state index >= 15 is 0 Å². The molecule has 0 amide bonds. The van der Waals surface area contributed by atoms with Gasteiger partial charge in [-0.2, -0.15) is 0 Å². The van der Waals surface area contributed by atoms with Gasteiger partial charge in [-0.25, -0.2) is 0 Å². The maximum Gasteiger partial charge on any atom is 0.331 e. The Morgan fingerprint density at radius 2 is 1.78 bits per heavy atom. The van der Waals surface area contributed by atoms with Crippen molar-refractivity contribution in [1.82, 2.24) is 0 Å². The van der Waals surface area contributed by atoms with E-state index < -0.39 is 34.7 Å². The molecule has 1 aromatic rings. The predicted octanol–water partition coefficient (Wildman–Crippen LogP) is 3.10. The molecule has 124 valence electrons. The van der Waals surface area contributed by atoms with E-state index in [0.717, 1.165) is 0 Å². The van der Waals surface area contributed by atoms with Crippen LogP contribution in [-0.4, -0.2) is 24.3 Å². The molecule has 0 saturated carbocycles. The van der Waals surface area contributed by atoms with Crippen molar-refractivity contribution in [1.29, 1.82) is 0 Å². The van der Waals surface area contributed by atoms with E-state index in [9.17, 15) is 14.4 Å². The number of carbonyl (C=O) groups is 3. The second kappa shape index (κ2) is 5.96. The Labute approximate surface area is 139 Å². The van der Waals surface area contributed by atoms with Crippen molar-refractivity contribution in [2.75, 3.05) is 6.61 Å². The number of ether oxygens (including phenoxy) is 2. The summed E-state index contributed by atoms with van der Waals surface area (Å²) in [6.45, 7) is 6.25. The zero-order valence-corrected chi connectivity index (χ0v) is 14.3. The van der Waals surface area contributed by atoms with E-state index in [0.29, 0.717) is 10.6 Å². The van der Waals surface area contributed by atoms with E-state index in [1.807, 2.05) is 0 Å². The van der Waals surface area contributed by atoms with Crippen LogP contribution in [0, 0.1) is 10.8 Å². The van der Waals surface area contributed by atoms with Gasteiger partial charge in [-0.05, 0) is 45.4 Å². The molecule has 1 aromatic carbocycles. The molecular weight excluding hydrogens is 320 g/mol. The lowest BCUT2D eigenvalue weighted by Crippen LogP contribution is -2.57. The van der Waals surface area contributed by atoms with Crippen molar-refractivity contribution < 1.29 is 23.9 Å². The van der Waals surface area contributed by atoms with E-state index in [-0.39, 0.29) is 6.61 Å². The summed E-state index contributed by atoms with van der Waals surface area (Å²) < 4.78 is 10.4. The minimum Gasteiger partial charge on any atom is -0.465 e. The fraction of sp³-hybridized carbons (Fsp3) is 0.471. The Hall–Kier alpha value is -1.88. The molecule has 1 fully saturated rings. The van der Waals surface area contributed by atoms with E-state index in [1.165, 1.54) is 6.92 Å². The van der Waals surface area contributed by atoms with Gasteiger partial charge in [0.25, 0.3) is 0 Å². The predicted molar refractivity (Wildman–Crippen MR) is 83.8 cm³/mol. The number of Topliss-reactive ketones (excluding diaryl/α,β-unsaturated/α-hetero) is 1. The lowest BCUT2D eigenvalue weighted by molar-refractivity contribution is -0.195. The number of rotatable bonds is 3. The summed E-state index contributed by atoms with van der Waals surface area (Å²) in [5, 5.41) is 0.538. The SMILES string of the molecule is CCOC(=O)[C@]1(C)C(=O)O[C@@H](c2ccc(Cl)cc2)C(C)(C)C1=O. The van der Waals surface area contributed by atoms with Gasteiger partial charge in [0.05, 0.1) is 12.0 Å². The van der Waals surface area contributed by atoms with Gasteiger partial charge in [0.2, 0.25) is 5.41 Å². The van der Waals surface area contributed by atoms with Gasteiger partial charge in [-0.15, -0.1) is 0 Å². The van der Waals surface area contributed by atoms with Crippen molar-refractivity contribution in [2.24, 2.45) is 10.8 Å². The fourth-order valence-electron chi connectivity index (χ4n) is 2.80. The molecule has 0 bridgehead atoms. The minimum atomic E-state index is -1.94. The topological polar surface area (TPSA) is 69.7 Å². The molecule has 0 spiro atoms. The van der Waals surface area contributed by atoms with Crippen LogP contribution in [0.4, 0.5) is 0 Å². The number of esters is 2. The molecule has 1 aliphatic rings. The van der Waals surface area contributed by atoms with Crippen molar-refractivity contribution in [2.45, 2.75) is 33.8 Å². The van der Waals surface area contributed by atoms with Crippen molar-refractivity contribution in [3.63, 3.8) is 0 Å². The molecule has 0 aromatic heterocycles. The highest BCUT2D eigenvalue weighted by Crippen LogP contribution is 2.48. The summed E-state index contributed by atoms with van der Waals surface area (Å²) in [6, 6.07) is 6.71. The third kappa shape index (κ3) is 2.74. The number of benzene rings is 1. The van der Waals surface area contributed by atoms with Crippen molar-refractivity contribution >= 4 is 29.3 Å². The van der Waals surface area contributed by atoms with E-state index in [1.54, 1.807) is 45.0 Å². The van der Waals surface area contributed by atoms with Gasteiger partial charge in [0.1, 0.15) is 6.10 Å². The Morgan fingerprint density at radius 3 is 2.30 bits per heavy atom. The first-order chi connectivity index (χ1) is 10.7. The van der Waals surface area contributed by atoms with Crippen LogP contribution in [-0.2, 0) is 23.9 Å². The molecule has 1 saturated heterocycles. The van der Waals surface area contributed by atoms with Gasteiger partial charge in [0, 0.05) is 5.02 Å². The zero-order valence-electron chi connectivity index (χ0n) is 13.5. The van der Waals surface area contributed by atoms with Crippen LogP contribution < -0.4 is 0 Å². The van der Waals surface area contributed by atoms with Crippen LogP contribution in [0.5, 0.6) is 0 Å². The number of hydrogen-bond acceptors (Lipinski definition) is 5. The molecule has 0 unspecified atom stereocenters. The van der Waals surface area contributed by atoms with Crippen LogP contribution in [0.1, 0.15) is 39.4 Å². The summed E-state index contributed by atoms with van der Waals surface area (Å²) in [5.74, 6) is -2.28. The second-order valence-corrected chi connectivity index (χ2v) is 6.67. The summed E-state index contributed by atoms with van der Waals surface area (Å²) in [7, 11) is 0. The molecule has 2 atom stereocenters. The van der Waals surface area contributed by atoms with Gasteiger partial charge in [0.15, 0.2) is 5.78 Å². The smallest absolute Gasteiger partial charge is 0.331 e. The number of hydrogen-bond donors (Lipinski definition) is 0. The maximum atomic E-state index is 12.9. The summed E-state index contributed by atoms with van der Waals surface area (Å²) in [5.41, 5.74) is -2.38. The number of carbonyl (C=O) groups excluding carboxylic acids is 3. The third-order valence-corrected chi connectivity index (χ3v) is 4.44. The Bertz CT molecular complexity index is 649. The lowest BCUT2D eigenvalue weighted by atomic mass is 9.66. The number of ketones is 1. The minimum absolute atomic E-state index is 0.0794. The average Bonchev–Trinajstić information content (AvgIpc) is 2.50. The Balaban J connectivity index is 2.44. The Kier molecular flexibility index (Phi) is 4.53. The van der Waals surface area contributed by atoms with Gasteiger partial charge in [-0.3, -0.25) is 14.4 Å². The lowest BCUT2D eigenvalue weighted by Gasteiger charge is -2.43. The molecule has 0 aliphatic carbocycles. The number of halogens is 1.